The van der Waals surface area contributed by atoms with Gasteiger partial charge in [-0.05, 0) is 34.4 Å². The molecule has 19 heavy (non-hydrogen) atoms. The molecule has 0 aromatic heterocycles. The van der Waals surface area contributed by atoms with Crippen molar-refractivity contribution >= 4 is 11.6 Å². The number of benzene rings is 2. The second-order valence-corrected chi connectivity index (χ2v) is 4.81. The fraction of sp³-hybridized carbons (Fsp3) is 0.188. The minimum absolute atomic E-state index is 0.0000850. The smallest absolute Gasteiger partial charge is 0.221 e. The van der Waals surface area contributed by atoms with Crippen molar-refractivity contribution < 1.29 is 9.90 Å². The molecular weight excluding hydrogens is 238 g/mol. The minimum Gasteiger partial charge on any atom is -0.395 e. The van der Waals surface area contributed by atoms with Gasteiger partial charge in [-0.3, -0.25) is 4.79 Å². The summed E-state index contributed by atoms with van der Waals surface area (Å²) in [5.41, 5.74) is 5.32. The van der Waals surface area contributed by atoms with Crippen LogP contribution < -0.4 is 5.32 Å². The zero-order valence-corrected chi connectivity index (χ0v) is 10.7. The van der Waals surface area contributed by atoms with E-state index in [1.54, 1.807) is 0 Å². The molecule has 3 nitrogen and oxygen atoms in total. The third-order valence-electron chi connectivity index (χ3n) is 3.56. The van der Waals surface area contributed by atoms with Gasteiger partial charge in [0, 0.05) is 18.5 Å². The molecule has 1 unspecified atom stereocenters. The number of nitrogens with one attached hydrogen (secondary N) is 1. The summed E-state index contributed by atoms with van der Waals surface area (Å²) in [6.45, 7) is 1.57. The molecule has 0 radical (unpaired) electrons. The summed E-state index contributed by atoms with van der Waals surface area (Å²) in [4.78, 5) is 11.1. The van der Waals surface area contributed by atoms with Gasteiger partial charge >= 0.3 is 0 Å². The number of carbonyl (C=O) groups excluding carboxylic acids is 1. The van der Waals surface area contributed by atoms with Gasteiger partial charge in [0.05, 0.1) is 6.61 Å². The lowest BCUT2D eigenvalue weighted by molar-refractivity contribution is -0.114. The van der Waals surface area contributed by atoms with Crippen molar-refractivity contribution in [2.75, 3.05) is 11.9 Å². The van der Waals surface area contributed by atoms with Crippen molar-refractivity contribution in [3.8, 4) is 11.1 Å². The summed E-state index contributed by atoms with van der Waals surface area (Å²) in [6.07, 6.45) is 0. The van der Waals surface area contributed by atoms with Gasteiger partial charge in [0.15, 0.2) is 0 Å². The molecular formula is C16H15NO2. The van der Waals surface area contributed by atoms with E-state index in [9.17, 15) is 9.90 Å². The molecule has 0 aliphatic heterocycles. The molecule has 1 amide bonds. The highest BCUT2D eigenvalue weighted by Crippen LogP contribution is 2.45. The normalized spacial score (nSPS) is 15.8. The van der Waals surface area contributed by atoms with Gasteiger partial charge in [0.1, 0.15) is 0 Å². The second-order valence-electron chi connectivity index (χ2n) is 4.81. The number of amides is 1. The van der Waals surface area contributed by atoms with Crippen molar-refractivity contribution in [3.63, 3.8) is 0 Å². The Balaban J connectivity index is 2.12. The minimum atomic E-state index is -0.0870. The first-order valence-electron chi connectivity index (χ1n) is 6.32. The van der Waals surface area contributed by atoms with Crippen LogP contribution in [0.15, 0.2) is 42.5 Å². The summed E-state index contributed by atoms with van der Waals surface area (Å²) >= 11 is 0. The molecule has 1 aliphatic carbocycles. The highest BCUT2D eigenvalue weighted by molar-refractivity contribution is 5.90. The number of aliphatic hydroxyl groups excluding tert-OH is 1. The molecule has 2 aromatic carbocycles. The van der Waals surface area contributed by atoms with Crippen molar-refractivity contribution in [3.05, 3.63) is 53.6 Å². The quantitative estimate of drug-likeness (QED) is 0.864. The first-order chi connectivity index (χ1) is 9.20. The predicted octanol–water partition coefficient (Wildman–Crippen LogP) is 2.75. The maximum Gasteiger partial charge on any atom is 0.221 e. The third kappa shape index (κ3) is 1.92. The van der Waals surface area contributed by atoms with Gasteiger partial charge in [-0.1, -0.05) is 30.3 Å². The maximum absolute atomic E-state index is 11.1. The molecule has 96 valence electrons. The first kappa shape index (κ1) is 11.9. The molecule has 2 N–H and O–H groups in total. The van der Waals surface area contributed by atoms with E-state index in [2.05, 4.69) is 11.4 Å². The highest BCUT2D eigenvalue weighted by atomic mass is 16.3. The summed E-state index contributed by atoms with van der Waals surface area (Å²) < 4.78 is 0. The van der Waals surface area contributed by atoms with Gasteiger partial charge in [0.2, 0.25) is 5.91 Å². The van der Waals surface area contributed by atoms with Crippen LogP contribution >= 0.6 is 0 Å². The van der Waals surface area contributed by atoms with Gasteiger partial charge in [-0.25, -0.2) is 0 Å². The summed E-state index contributed by atoms with van der Waals surface area (Å²) in [6, 6.07) is 14.0. The van der Waals surface area contributed by atoms with Crippen LogP contribution in [0.5, 0.6) is 0 Å². The number of hydrogen-bond donors (Lipinski definition) is 2. The lowest BCUT2D eigenvalue weighted by atomic mass is 9.98. The molecule has 0 fully saturated rings. The molecule has 0 spiro atoms. The van der Waals surface area contributed by atoms with Crippen molar-refractivity contribution in [2.45, 2.75) is 12.8 Å². The zero-order valence-electron chi connectivity index (χ0n) is 10.7. The molecule has 3 rings (SSSR count). The number of fused-ring (bicyclic) bond motifs is 3. The molecule has 0 saturated carbocycles. The summed E-state index contributed by atoms with van der Waals surface area (Å²) in [5, 5.41) is 12.4. The Morgan fingerprint density at radius 2 is 1.89 bits per heavy atom. The molecule has 0 saturated heterocycles. The third-order valence-corrected chi connectivity index (χ3v) is 3.56. The lowest BCUT2D eigenvalue weighted by Gasteiger charge is -2.11. The largest absolute Gasteiger partial charge is 0.395 e. The number of aliphatic hydroxyl groups is 1. The molecule has 3 heteroatoms. The van der Waals surface area contributed by atoms with E-state index in [0.29, 0.717) is 0 Å². The van der Waals surface area contributed by atoms with Crippen LogP contribution in [0, 0.1) is 0 Å². The number of carbonyl (C=O) groups is 1. The molecule has 1 aliphatic rings. The van der Waals surface area contributed by atoms with E-state index in [-0.39, 0.29) is 18.4 Å². The Morgan fingerprint density at radius 3 is 2.63 bits per heavy atom. The molecule has 0 heterocycles. The average molecular weight is 253 g/mol. The standard InChI is InChI=1S/C16H15NO2/c1-10(19)17-11-6-7-14-12-4-2-3-5-13(12)16(9-18)15(14)8-11/h2-8,16,18H,9H2,1H3,(H,17,19). The van der Waals surface area contributed by atoms with Crippen LogP contribution in [0.1, 0.15) is 24.0 Å². The van der Waals surface area contributed by atoms with Gasteiger partial charge < -0.3 is 10.4 Å². The SMILES string of the molecule is CC(=O)Nc1ccc2c(c1)C(CO)c1ccccc1-2. The number of hydrogen-bond acceptors (Lipinski definition) is 2. The van der Waals surface area contributed by atoms with Gasteiger partial charge in [-0.15, -0.1) is 0 Å². The van der Waals surface area contributed by atoms with Crippen LogP contribution in [-0.2, 0) is 4.79 Å². The van der Waals surface area contributed by atoms with Crippen LogP contribution in [0.2, 0.25) is 0 Å². The van der Waals surface area contributed by atoms with E-state index in [1.807, 2.05) is 36.4 Å². The predicted molar refractivity (Wildman–Crippen MR) is 75.1 cm³/mol. The van der Waals surface area contributed by atoms with E-state index in [1.165, 1.54) is 12.5 Å². The van der Waals surface area contributed by atoms with Crippen molar-refractivity contribution in [1.29, 1.82) is 0 Å². The van der Waals surface area contributed by atoms with Crippen molar-refractivity contribution in [1.82, 2.24) is 0 Å². The number of anilines is 1. The highest BCUT2D eigenvalue weighted by Gasteiger charge is 2.27. The average Bonchev–Trinajstić information content (AvgIpc) is 2.71. The molecule has 0 bridgehead atoms. The first-order valence-corrected chi connectivity index (χ1v) is 6.32. The van der Waals surface area contributed by atoms with Gasteiger partial charge in [-0.2, -0.15) is 0 Å². The van der Waals surface area contributed by atoms with E-state index < -0.39 is 0 Å². The lowest BCUT2D eigenvalue weighted by Crippen LogP contribution is -2.07. The fourth-order valence-corrected chi connectivity index (χ4v) is 2.79. The Morgan fingerprint density at radius 1 is 1.16 bits per heavy atom. The summed E-state index contributed by atoms with van der Waals surface area (Å²) in [5.74, 6) is -0.0871. The van der Waals surface area contributed by atoms with Gasteiger partial charge in [0.25, 0.3) is 0 Å². The molecule has 2 aromatic rings. The van der Waals surface area contributed by atoms with E-state index in [4.69, 9.17) is 0 Å². The zero-order chi connectivity index (χ0) is 13.4. The van der Waals surface area contributed by atoms with Crippen LogP contribution in [0.3, 0.4) is 0 Å². The van der Waals surface area contributed by atoms with Crippen molar-refractivity contribution in [2.24, 2.45) is 0 Å². The summed E-state index contributed by atoms with van der Waals surface area (Å²) in [7, 11) is 0. The van der Waals surface area contributed by atoms with E-state index >= 15 is 0 Å². The van der Waals surface area contributed by atoms with Crippen LogP contribution in [0.25, 0.3) is 11.1 Å². The Labute approximate surface area is 111 Å². The van der Waals surface area contributed by atoms with Crippen LogP contribution in [-0.4, -0.2) is 17.6 Å². The van der Waals surface area contributed by atoms with Crippen LogP contribution in [0.4, 0.5) is 5.69 Å². The monoisotopic (exact) mass is 253 g/mol. The Kier molecular flexibility index (Phi) is 2.84. The molecule has 1 atom stereocenters. The maximum atomic E-state index is 11.1. The second kappa shape index (κ2) is 4.52. The Bertz CT molecular complexity index is 649. The fourth-order valence-electron chi connectivity index (χ4n) is 2.79. The Hall–Kier alpha value is -2.13. The number of rotatable bonds is 2. The van der Waals surface area contributed by atoms with E-state index in [0.717, 1.165) is 22.4 Å². The topological polar surface area (TPSA) is 49.3 Å².